The zero-order valence-corrected chi connectivity index (χ0v) is 16.5. The van der Waals surface area contributed by atoms with Gasteiger partial charge in [-0.1, -0.05) is 6.07 Å². The lowest BCUT2D eigenvalue weighted by Gasteiger charge is -2.27. The van der Waals surface area contributed by atoms with Crippen LogP contribution in [0.5, 0.6) is 0 Å². The molecule has 3 rings (SSSR count). The Labute approximate surface area is 160 Å². The number of benzene rings is 1. The number of nitrogens with one attached hydrogen (secondary N) is 1. The largest absolute Gasteiger partial charge is 0.381 e. The third kappa shape index (κ3) is 4.41. The number of ether oxygens (including phenoxy) is 1. The Kier molecular flexibility index (Phi) is 6.32. The van der Waals surface area contributed by atoms with Crippen LogP contribution in [-0.2, 0) is 4.74 Å². The van der Waals surface area contributed by atoms with Crippen LogP contribution in [-0.4, -0.2) is 69.2 Å². The van der Waals surface area contributed by atoms with E-state index in [1.54, 1.807) is 0 Å². The molecule has 2 unspecified atom stereocenters. The Morgan fingerprint density at radius 1 is 1.33 bits per heavy atom. The van der Waals surface area contributed by atoms with Crippen molar-refractivity contribution < 1.29 is 13.5 Å². The van der Waals surface area contributed by atoms with E-state index in [0.29, 0.717) is 0 Å². The predicted molar refractivity (Wildman–Crippen MR) is 103 cm³/mol. The van der Waals surface area contributed by atoms with Gasteiger partial charge in [0.2, 0.25) is 0 Å². The minimum atomic E-state index is -0.530. The molecule has 0 bridgehead atoms. The van der Waals surface area contributed by atoms with Crippen LogP contribution in [0.25, 0.3) is 0 Å². The van der Waals surface area contributed by atoms with E-state index in [-0.39, 0.29) is 17.5 Å². The molecule has 7 heteroatoms. The van der Waals surface area contributed by atoms with Gasteiger partial charge in [0.05, 0.1) is 19.2 Å². The maximum absolute atomic E-state index is 14.3. The zero-order chi connectivity index (χ0) is 19.4. The quantitative estimate of drug-likeness (QED) is 0.630. The van der Waals surface area contributed by atoms with Gasteiger partial charge in [0.25, 0.3) is 0 Å². The number of nitrogens with zero attached hydrogens (tertiary/aromatic N) is 3. The van der Waals surface area contributed by atoms with Crippen LogP contribution in [0.1, 0.15) is 31.4 Å². The molecule has 2 heterocycles. The standard InChI is InChI=1S/C20H30F2N4O/c1-4-23-19(26-10-8-20(13-26)9-11-27-14-20)24-12-17(25(2)3)18-15(21)6-5-7-16(18)22/h5-7,17H,4,8-14H2,1-3H3,(H,23,24). The van der Waals surface area contributed by atoms with Gasteiger partial charge >= 0.3 is 0 Å². The van der Waals surface area contributed by atoms with Crippen molar-refractivity contribution in [3.63, 3.8) is 0 Å². The summed E-state index contributed by atoms with van der Waals surface area (Å²) in [6.07, 6.45) is 2.18. The lowest BCUT2D eigenvalue weighted by atomic mass is 9.87. The van der Waals surface area contributed by atoms with Crippen LogP contribution in [0.15, 0.2) is 23.2 Å². The highest BCUT2D eigenvalue weighted by molar-refractivity contribution is 5.80. The molecule has 1 aromatic rings. The molecule has 2 aliphatic rings. The van der Waals surface area contributed by atoms with Gasteiger partial charge in [0.15, 0.2) is 5.96 Å². The summed E-state index contributed by atoms with van der Waals surface area (Å²) in [6, 6.07) is 3.52. The molecule has 2 aliphatic heterocycles. The molecule has 1 N–H and O–H groups in total. The van der Waals surface area contributed by atoms with Gasteiger partial charge in [-0.2, -0.15) is 0 Å². The van der Waals surface area contributed by atoms with Crippen LogP contribution < -0.4 is 5.32 Å². The fraction of sp³-hybridized carbons (Fsp3) is 0.650. The summed E-state index contributed by atoms with van der Waals surface area (Å²) in [6.45, 7) is 6.54. The lowest BCUT2D eigenvalue weighted by Crippen LogP contribution is -2.42. The van der Waals surface area contributed by atoms with Crippen molar-refractivity contribution in [2.24, 2.45) is 10.4 Å². The van der Waals surface area contributed by atoms with Gasteiger partial charge in [-0.3, -0.25) is 4.99 Å². The SMILES string of the molecule is CCNC(=NCC(c1c(F)cccc1F)N(C)C)N1CCC2(CCOC2)C1. The van der Waals surface area contributed by atoms with Crippen LogP contribution in [0.4, 0.5) is 8.78 Å². The van der Waals surface area contributed by atoms with E-state index in [0.717, 1.165) is 51.6 Å². The molecule has 27 heavy (non-hydrogen) atoms. The van der Waals surface area contributed by atoms with Crippen molar-refractivity contribution in [2.45, 2.75) is 25.8 Å². The van der Waals surface area contributed by atoms with Gasteiger partial charge in [-0.15, -0.1) is 0 Å². The Morgan fingerprint density at radius 3 is 2.67 bits per heavy atom. The van der Waals surface area contributed by atoms with E-state index in [1.165, 1.54) is 18.2 Å². The second kappa shape index (κ2) is 8.52. The highest BCUT2D eigenvalue weighted by Crippen LogP contribution is 2.38. The molecule has 5 nitrogen and oxygen atoms in total. The Morgan fingerprint density at radius 2 is 2.07 bits per heavy atom. The van der Waals surface area contributed by atoms with Crippen molar-refractivity contribution >= 4 is 5.96 Å². The van der Waals surface area contributed by atoms with Gasteiger partial charge in [0, 0.05) is 37.2 Å². The molecule has 2 fully saturated rings. The summed E-state index contributed by atoms with van der Waals surface area (Å²) in [5, 5.41) is 3.33. The van der Waals surface area contributed by atoms with Crippen LogP contribution in [0, 0.1) is 17.0 Å². The van der Waals surface area contributed by atoms with Crippen molar-refractivity contribution in [3.05, 3.63) is 35.4 Å². The first-order valence-electron chi connectivity index (χ1n) is 9.67. The van der Waals surface area contributed by atoms with Crippen LogP contribution in [0.2, 0.25) is 0 Å². The number of likely N-dealkylation sites (tertiary alicyclic amines) is 1. The molecule has 0 saturated carbocycles. The molecule has 2 saturated heterocycles. The van der Waals surface area contributed by atoms with Crippen molar-refractivity contribution in [3.8, 4) is 0 Å². The second-order valence-electron chi connectivity index (χ2n) is 7.78. The van der Waals surface area contributed by atoms with Crippen LogP contribution in [0.3, 0.4) is 0 Å². The first kappa shape index (κ1) is 20.0. The minimum absolute atomic E-state index is 0.0733. The molecule has 1 aromatic carbocycles. The Balaban J connectivity index is 1.78. The van der Waals surface area contributed by atoms with E-state index in [4.69, 9.17) is 9.73 Å². The molecular weight excluding hydrogens is 350 g/mol. The molecule has 0 amide bonds. The molecule has 2 atom stereocenters. The number of hydrogen-bond acceptors (Lipinski definition) is 3. The van der Waals surface area contributed by atoms with Gasteiger partial charge in [-0.05, 0) is 46.0 Å². The number of hydrogen-bond donors (Lipinski definition) is 1. The van der Waals surface area contributed by atoms with Crippen molar-refractivity contribution in [1.82, 2.24) is 15.1 Å². The minimum Gasteiger partial charge on any atom is -0.381 e. The maximum atomic E-state index is 14.3. The third-order valence-electron chi connectivity index (χ3n) is 5.63. The van der Waals surface area contributed by atoms with E-state index in [9.17, 15) is 8.78 Å². The fourth-order valence-corrected chi connectivity index (χ4v) is 4.03. The van der Waals surface area contributed by atoms with Crippen molar-refractivity contribution in [2.75, 3.05) is 53.5 Å². The summed E-state index contributed by atoms with van der Waals surface area (Å²) in [5.41, 5.74) is 0.304. The van der Waals surface area contributed by atoms with Gasteiger partial charge in [0.1, 0.15) is 11.6 Å². The highest BCUT2D eigenvalue weighted by Gasteiger charge is 2.42. The monoisotopic (exact) mass is 380 g/mol. The molecule has 0 aliphatic carbocycles. The summed E-state index contributed by atoms with van der Waals surface area (Å²) >= 11 is 0. The number of rotatable bonds is 5. The topological polar surface area (TPSA) is 40.1 Å². The van der Waals surface area contributed by atoms with E-state index in [1.807, 2.05) is 25.9 Å². The molecule has 0 aromatic heterocycles. The van der Waals surface area contributed by atoms with Gasteiger partial charge in [-0.25, -0.2) is 8.78 Å². The van der Waals surface area contributed by atoms with Gasteiger partial charge < -0.3 is 19.9 Å². The Hall–Kier alpha value is -1.73. The van der Waals surface area contributed by atoms with Crippen LogP contribution >= 0.6 is 0 Å². The van der Waals surface area contributed by atoms with E-state index >= 15 is 0 Å². The van der Waals surface area contributed by atoms with Crippen molar-refractivity contribution in [1.29, 1.82) is 0 Å². The fourth-order valence-electron chi connectivity index (χ4n) is 4.03. The van der Waals surface area contributed by atoms with E-state index in [2.05, 4.69) is 10.2 Å². The normalized spacial score (nSPS) is 24.2. The van der Waals surface area contributed by atoms with E-state index < -0.39 is 17.7 Å². The average molecular weight is 380 g/mol. The highest BCUT2D eigenvalue weighted by atomic mass is 19.1. The number of aliphatic imine (C=N–C) groups is 1. The first-order chi connectivity index (χ1) is 13.0. The Bertz CT molecular complexity index is 654. The zero-order valence-electron chi connectivity index (χ0n) is 16.5. The summed E-state index contributed by atoms with van der Waals surface area (Å²) < 4.78 is 34.2. The molecule has 1 spiro atoms. The number of halogens is 2. The molecule has 150 valence electrons. The number of likely N-dealkylation sites (N-methyl/N-ethyl adjacent to an activating group) is 1. The first-order valence-corrected chi connectivity index (χ1v) is 9.67. The summed E-state index contributed by atoms with van der Waals surface area (Å²) in [7, 11) is 3.64. The summed E-state index contributed by atoms with van der Waals surface area (Å²) in [5.74, 6) is -0.251. The molecular formula is C20H30F2N4O. The third-order valence-corrected chi connectivity index (χ3v) is 5.63. The smallest absolute Gasteiger partial charge is 0.194 e. The molecule has 0 radical (unpaired) electrons. The second-order valence-corrected chi connectivity index (χ2v) is 7.78. The average Bonchev–Trinajstić information content (AvgIpc) is 3.26. The number of guanidine groups is 1. The predicted octanol–water partition coefficient (Wildman–Crippen LogP) is 2.65. The summed E-state index contributed by atoms with van der Waals surface area (Å²) in [4.78, 5) is 8.81. The lowest BCUT2D eigenvalue weighted by molar-refractivity contribution is 0.156. The maximum Gasteiger partial charge on any atom is 0.194 e.